The standard InChI is InChI=1S/C20H28N4OS/c1-14-5-6-18(15(2)11-14)19-12-24(9-10-25-19)20(21-4)22-8-7-17-13-26-16(3)23-17/h5-6,11,13,19H,7-10,12H2,1-4H3,(H,21,22). The van der Waals surface area contributed by atoms with Crippen LogP contribution in [-0.4, -0.2) is 49.1 Å². The van der Waals surface area contributed by atoms with E-state index in [1.54, 1.807) is 11.3 Å². The van der Waals surface area contributed by atoms with Crippen LogP contribution in [0.5, 0.6) is 0 Å². The van der Waals surface area contributed by atoms with Crippen LogP contribution in [0.15, 0.2) is 28.6 Å². The number of thiazole rings is 1. The Morgan fingerprint density at radius 1 is 1.38 bits per heavy atom. The second kappa shape index (κ2) is 8.64. The van der Waals surface area contributed by atoms with Crippen molar-refractivity contribution in [2.45, 2.75) is 33.3 Å². The zero-order valence-electron chi connectivity index (χ0n) is 16.1. The van der Waals surface area contributed by atoms with Gasteiger partial charge in [0.05, 0.1) is 23.9 Å². The summed E-state index contributed by atoms with van der Waals surface area (Å²) >= 11 is 1.70. The molecule has 1 aliphatic heterocycles. The van der Waals surface area contributed by atoms with Crippen molar-refractivity contribution in [2.75, 3.05) is 33.3 Å². The normalized spacial score (nSPS) is 18.2. The van der Waals surface area contributed by atoms with Gasteiger partial charge in [-0.25, -0.2) is 4.98 Å². The Morgan fingerprint density at radius 2 is 2.23 bits per heavy atom. The molecule has 0 bridgehead atoms. The zero-order chi connectivity index (χ0) is 18.5. The minimum absolute atomic E-state index is 0.0871. The van der Waals surface area contributed by atoms with E-state index in [2.05, 4.69) is 57.6 Å². The van der Waals surface area contributed by atoms with Crippen molar-refractivity contribution in [3.63, 3.8) is 0 Å². The lowest BCUT2D eigenvalue weighted by Gasteiger charge is -2.35. The average Bonchev–Trinajstić information content (AvgIpc) is 3.04. The average molecular weight is 373 g/mol. The van der Waals surface area contributed by atoms with E-state index >= 15 is 0 Å². The monoisotopic (exact) mass is 372 g/mol. The molecule has 1 saturated heterocycles. The van der Waals surface area contributed by atoms with Crippen LogP contribution in [0.3, 0.4) is 0 Å². The van der Waals surface area contributed by atoms with Gasteiger partial charge in [-0.3, -0.25) is 4.99 Å². The summed E-state index contributed by atoms with van der Waals surface area (Å²) < 4.78 is 6.05. The first-order valence-electron chi connectivity index (χ1n) is 9.12. The van der Waals surface area contributed by atoms with E-state index in [-0.39, 0.29) is 6.10 Å². The van der Waals surface area contributed by atoms with E-state index < -0.39 is 0 Å². The fraction of sp³-hybridized carbons (Fsp3) is 0.500. The largest absolute Gasteiger partial charge is 0.370 e. The summed E-state index contributed by atoms with van der Waals surface area (Å²) in [5, 5.41) is 6.73. The molecule has 1 aromatic carbocycles. The molecule has 1 aromatic heterocycles. The molecule has 2 aromatic rings. The van der Waals surface area contributed by atoms with Crippen molar-refractivity contribution in [1.29, 1.82) is 0 Å². The van der Waals surface area contributed by atoms with Gasteiger partial charge in [0.15, 0.2) is 5.96 Å². The molecule has 0 aliphatic carbocycles. The third-order valence-electron chi connectivity index (χ3n) is 4.68. The van der Waals surface area contributed by atoms with Crippen LogP contribution in [-0.2, 0) is 11.2 Å². The first-order chi connectivity index (χ1) is 12.6. The number of nitrogens with one attached hydrogen (secondary N) is 1. The Bertz CT molecular complexity index is 771. The van der Waals surface area contributed by atoms with E-state index in [9.17, 15) is 0 Å². The number of hydrogen-bond donors (Lipinski definition) is 1. The van der Waals surface area contributed by atoms with Gasteiger partial charge in [0.2, 0.25) is 0 Å². The summed E-state index contributed by atoms with van der Waals surface area (Å²) in [4.78, 5) is 11.3. The van der Waals surface area contributed by atoms with Gasteiger partial charge in [0, 0.05) is 31.9 Å². The van der Waals surface area contributed by atoms with Crippen molar-refractivity contribution in [2.24, 2.45) is 4.99 Å². The summed E-state index contributed by atoms with van der Waals surface area (Å²) in [6, 6.07) is 6.58. The molecule has 1 unspecified atom stereocenters. The molecule has 140 valence electrons. The summed E-state index contributed by atoms with van der Waals surface area (Å²) in [6.45, 7) is 9.55. The quantitative estimate of drug-likeness (QED) is 0.661. The Kier molecular flexibility index (Phi) is 6.27. The molecule has 0 amide bonds. The van der Waals surface area contributed by atoms with Crippen LogP contribution in [0.2, 0.25) is 0 Å². The van der Waals surface area contributed by atoms with E-state index in [0.717, 1.165) is 42.7 Å². The number of aliphatic imine (C=N–C) groups is 1. The van der Waals surface area contributed by atoms with Gasteiger partial charge in [0.1, 0.15) is 6.10 Å². The smallest absolute Gasteiger partial charge is 0.193 e. The molecule has 0 spiro atoms. The van der Waals surface area contributed by atoms with Crippen LogP contribution in [0.1, 0.15) is 33.5 Å². The summed E-state index contributed by atoms with van der Waals surface area (Å²) in [6.07, 6.45) is 0.998. The second-order valence-electron chi connectivity index (χ2n) is 6.75. The highest BCUT2D eigenvalue weighted by molar-refractivity contribution is 7.09. The first kappa shape index (κ1) is 18.9. The number of morpholine rings is 1. The number of benzene rings is 1. The highest BCUT2D eigenvalue weighted by Gasteiger charge is 2.25. The molecule has 1 N–H and O–H groups in total. The Balaban J connectivity index is 1.59. The van der Waals surface area contributed by atoms with Gasteiger partial charge in [-0.2, -0.15) is 0 Å². The lowest BCUT2D eigenvalue weighted by atomic mass is 10.00. The number of ether oxygens (including phenoxy) is 1. The van der Waals surface area contributed by atoms with Gasteiger partial charge < -0.3 is 15.0 Å². The number of rotatable bonds is 4. The number of hydrogen-bond acceptors (Lipinski definition) is 4. The molecular weight excluding hydrogens is 344 g/mol. The van der Waals surface area contributed by atoms with Crippen molar-refractivity contribution in [1.82, 2.24) is 15.2 Å². The van der Waals surface area contributed by atoms with Gasteiger partial charge >= 0.3 is 0 Å². The number of aromatic nitrogens is 1. The van der Waals surface area contributed by atoms with Crippen LogP contribution >= 0.6 is 11.3 Å². The lowest BCUT2D eigenvalue weighted by Crippen LogP contribution is -2.48. The molecule has 2 heterocycles. The molecule has 26 heavy (non-hydrogen) atoms. The van der Waals surface area contributed by atoms with Gasteiger partial charge in [-0.1, -0.05) is 23.8 Å². The Morgan fingerprint density at radius 3 is 2.92 bits per heavy atom. The highest BCUT2D eigenvalue weighted by atomic mass is 32.1. The zero-order valence-corrected chi connectivity index (χ0v) is 16.9. The Hall–Kier alpha value is -1.92. The minimum Gasteiger partial charge on any atom is -0.370 e. The maximum absolute atomic E-state index is 6.05. The number of guanidine groups is 1. The van der Waals surface area contributed by atoms with Crippen molar-refractivity contribution < 1.29 is 4.74 Å². The van der Waals surface area contributed by atoms with E-state index in [1.807, 2.05) is 14.0 Å². The molecule has 1 atom stereocenters. The fourth-order valence-electron chi connectivity index (χ4n) is 3.37. The molecule has 1 fully saturated rings. The van der Waals surface area contributed by atoms with Crippen LogP contribution in [0, 0.1) is 20.8 Å². The molecule has 1 aliphatic rings. The molecule has 3 rings (SSSR count). The summed E-state index contributed by atoms with van der Waals surface area (Å²) in [5.41, 5.74) is 4.99. The van der Waals surface area contributed by atoms with E-state index in [0.29, 0.717) is 6.61 Å². The summed E-state index contributed by atoms with van der Waals surface area (Å²) in [5.74, 6) is 0.940. The Labute approximate surface area is 160 Å². The van der Waals surface area contributed by atoms with Crippen molar-refractivity contribution in [3.8, 4) is 0 Å². The van der Waals surface area contributed by atoms with Crippen molar-refractivity contribution in [3.05, 3.63) is 51.0 Å². The number of aryl methyl sites for hydroxylation is 3. The van der Waals surface area contributed by atoms with Crippen LogP contribution in [0.4, 0.5) is 0 Å². The minimum atomic E-state index is 0.0871. The topological polar surface area (TPSA) is 49.8 Å². The first-order valence-corrected chi connectivity index (χ1v) is 10.00. The molecule has 0 saturated carbocycles. The molecule has 0 radical (unpaired) electrons. The van der Waals surface area contributed by atoms with Crippen LogP contribution in [0.25, 0.3) is 0 Å². The third kappa shape index (κ3) is 4.62. The molecule has 5 nitrogen and oxygen atoms in total. The third-order valence-corrected chi connectivity index (χ3v) is 5.50. The van der Waals surface area contributed by atoms with Gasteiger partial charge in [0.25, 0.3) is 0 Å². The highest BCUT2D eigenvalue weighted by Crippen LogP contribution is 2.25. The fourth-order valence-corrected chi connectivity index (χ4v) is 4.02. The SMILES string of the molecule is CN=C(NCCc1csc(C)n1)N1CCOC(c2ccc(C)cc2C)C1. The van der Waals surface area contributed by atoms with Crippen LogP contribution < -0.4 is 5.32 Å². The van der Waals surface area contributed by atoms with Gasteiger partial charge in [-0.05, 0) is 31.9 Å². The van der Waals surface area contributed by atoms with Crippen molar-refractivity contribution >= 4 is 17.3 Å². The maximum Gasteiger partial charge on any atom is 0.193 e. The molecular formula is C20H28N4OS. The second-order valence-corrected chi connectivity index (χ2v) is 7.81. The summed E-state index contributed by atoms with van der Waals surface area (Å²) in [7, 11) is 1.84. The predicted octanol–water partition coefficient (Wildman–Crippen LogP) is 3.26. The van der Waals surface area contributed by atoms with E-state index in [4.69, 9.17) is 4.74 Å². The maximum atomic E-state index is 6.05. The lowest BCUT2D eigenvalue weighted by molar-refractivity contribution is -0.00830. The number of nitrogens with zero attached hydrogens (tertiary/aromatic N) is 3. The molecule has 6 heteroatoms. The van der Waals surface area contributed by atoms with E-state index in [1.165, 1.54) is 16.7 Å². The predicted molar refractivity (Wildman–Crippen MR) is 108 cm³/mol. The van der Waals surface area contributed by atoms with Gasteiger partial charge in [-0.15, -0.1) is 11.3 Å².